The molecule has 0 aliphatic carbocycles. The molecule has 34 heavy (non-hydrogen) atoms. The van der Waals surface area contributed by atoms with Gasteiger partial charge < -0.3 is 9.72 Å². The number of rotatable bonds is 6. The zero-order chi connectivity index (χ0) is 25.4. The lowest BCUT2D eigenvalue weighted by Crippen LogP contribution is -2.19. The van der Waals surface area contributed by atoms with Gasteiger partial charge in [0.2, 0.25) is 0 Å². The second kappa shape index (κ2) is 12.1. The number of aromatic amines is 1. The highest BCUT2D eigenvalue weighted by molar-refractivity contribution is 8.35. The van der Waals surface area contributed by atoms with Gasteiger partial charge in [-0.2, -0.15) is 10.0 Å². The average molecular weight is 482 g/mol. The molecule has 3 rings (SSSR count). The van der Waals surface area contributed by atoms with Crippen molar-refractivity contribution in [2.24, 2.45) is 0 Å². The zero-order valence-corrected chi connectivity index (χ0v) is 22.7. The number of hydrogen-bond acceptors (Lipinski definition) is 4. The Hall–Kier alpha value is -2.75. The first kappa shape index (κ1) is 27.5. The van der Waals surface area contributed by atoms with E-state index >= 15 is 0 Å². The fourth-order valence-electron chi connectivity index (χ4n) is 3.14. The van der Waals surface area contributed by atoms with Crippen LogP contribution in [0.5, 0.6) is 0 Å². The summed E-state index contributed by atoms with van der Waals surface area (Å²) in [5.74, 6) is 4.31. The molecule has 0 amide bonds. The molecule has 184 valence electrons. The first-order valence-electron chi connectivity index (χ1n) is 11.5. The van der Waals surface area contributed by atoms with Crippen LogP contribution in [0.2, 0.25) is 0 Å². The number of ether oxygens (including phenoxy) is 1. The Morgan fingerprint density at radius 1 is 1.09 bits per heavy atom. The van der Waals surface area contributed by atoms with E-state index < -0.39 is 10.0 Å². The third kappa shape index (κ3) is 9.62. The van der Waals surface area contributed by atoms with E-state index in [4.69, 9.17) is 4.98 Å². The minimum absolute atomic E-state index is 0.318. The van der Waals surface area contributed by atoms with Crippen LogP contribution in [-0.2, 0) is 16.1 Å². The molecule has 6 heteroatoms. The number of aromatic nitrogens is 2. The third-order valence-corrected chi connectivity index (χ3v) is 5.39. The monoisotopic (exact) mass is 481 g/mol. The van der Waals surface area contributed by atoms with Crippen LogP contribution in [0.15, 0.2) is 42.5 Å². The number of fused-ring (bicyclic) bond motifs is 1. The summed E-state index contributed by atoms with van der Waals surface area (Å²) in [4.78, 5) is 20.1. The standard InChI is InChI=1S/C23H29N3S.C5H10O2/c1-6-14-26(2)17-23-24-21-12-11-20(16-22(21)25-23)19-9-7-18(8-10-19)13-15-27(3,4)5;1-5(2,3)7-4-6/h7-12,16H,6,14,17H2,1-5H3,(H,24,25);4H,1-3H3. The van der Waals surface area contributed by atoms with Crippen molar-refractivity contribution in [1.82, 2.24) is 14.9 Å². The van der Waals surface area contributed by atoms with Gasteiger partial charge in [-0.15, -0.1) is 0 Å². The fourth-order valence-corrected chi connectivity index (χ4v) is 3.56. The highest BCUT2D eigenvalue weighted by Crippen LogP contribution is 2.32. The Morgan fingerprint density at radius 3 is 2.26 bits per heavy atom. The van der Waals surface area contributed by atoms with E-state index in [1.165, 1.54) is 11.1 Å². The summed E-state index contributed by atoms with van der Waals surface area (Å²) >= 11 is 0. The first-order chi connectivity index (χ1) is 15.9. The van der Waals surface area contributed by atoms with E-state index in [1.807, 2.05) is 20.8 Å². The van der Waals surface area contributed by atoms with Gasteiger partial charge in [0.05, 0.1) is 17.6 Å². The van der Waals surface area contributed by atoms with Crippen molar-refractivity contribution in [3.05, 3.63) is 53.9 Å². The van der Waals surface area contributed by atoms with Gasteiger partial charge in [-0.1, -0.05) is 31.0 Å². The van der Waals surface area contributed by atoms with Gasteiger partial charge in [-0.05, 0) is 100 Å². The molecule has 0 aliphatic rings. The van der Waals surface area contributed by atoms with Crippen LogP contribution < -0.4 is 0 Å². The molecule has 0 radical (unpaired) electrons. The highest BCUT2D eigenvalue weighted by atomic mass is 32.3. The van der Waals surface area contributed by atoms with Crippen molar-refractivity contribution < 1.29 is 9.53 Å². The summed E-state index contributed by atoms with van der Waals surface area (Å²) in [6, 6.07) is 14.9. The fraction of sp³-hybridized carbons (Fsp3) is 0.429. The van der Waals surface area contributed by atoms with Gasteiger partial charge in [0.25, 0.3) is 6.47 Å². The molecular formula is C28H39N3O2S. The Morgan fingerprint density at radius 2 is 1.74 bits per heavy atom. The molecule has 1 aromatic heterocycles. The van der Waals surface area contributed by atoms with Crippen molar-refractivity contribution >= 4 is 27.5 Å². The van der Waals surface area contributed by atoms with Crippen molar-refractivity contribution in [3.8, 4) is 22.3 Å². The number of nitrogens with zero attached hydrogens (tertiary/aromatic N) is 2. The number of carbonyl (C=O) groups is 1. The summed E-state index contributed by atoms with van der Waals surface area (Å²) in [6.07, 6.45) is 7.78. The normalized spacial score (nSPS) is 11.9. The number of nitrogens with one attached hydrogen (secondary N) is 1. The van der Waals surface area contributed by atoms with Crippen molar-refractivity contribution in [2.45, 2.75) is 46.3 Å². The van der Waals surface area contributed by atoms with Crippen molar-refractivity contribution in [2.75, 3.05) is 32.4 Å². The first-order valence-corrected chi connectivity index (χ1v) is 14.4. The van der Waals surface area contributed by atoms with Crippen LogP contribution in [0.1, 0.15) is 45.5 Å². The summed E-state index contributed by atoms with van der Waals surface area (Å²) in [5.41, 5.74) is 5.26. The van der Waals surface area contributed by atoms with Gasteiger partial charge in [-0.3, -0.25) is 9.69 Å². The molecule has 5 nitrogen and oxygen atoms in total. The van der Waals surface area contributed by atoms with Crippen LogP contribution in [0.25, 0.3) is 22.2 Å². The lowest BCUT2D eigenvalue weighted by Gasteiger charge is -2.14. The topological polar surface area (TPSA) is 58.2 Å². The highest BCUT2D eigenvalue weighted by Gasteiger charge is 2.08. The second-order valence-corrected chi connectivity index (χ2v) is 14.0. The Labute approximate surface area is 206 Å². The van der Waals surface area contributed by atoms with E-state index in [2.05, 4.69) is 101 Å². The molecule has 1 heterocycles. The molecule has 0 spiro atoms. The summed E-state index contributed by atoms with van der Waals surface area (Å²) in [5, 5.41) is 3.36. The van der Waals surface area contributed by atoms with E-state index in [0.717, 1.165) is 41.9 Å². The van der Waals surface area contributed by atoms with E-state index in [0.29, 0.717) is 6.47 Å². The average Bonchev–Trinajstić information content (AvgIpc) is 3.13. The van der Waals surface area contributed by atoms with E-state index in [-0.39, 0.29) is 5.60 Å². The molecule has 0 unspecified atom stereocenters. The molecule has 0 atom stereocenters. The minimum atomic E-state index is -0.795. The maximum Gasteiger partial charge on any atom is 0.293 e. The van der Waals surface area contributed by atoms with E-state index in [1.54, 1.807) is 0 Å². The predicted octanol–water partition coefficient (Wildman–Crippen LogP) is 6.03. The third-order valence-electron chi connectivity index (χ3n) is 4.68. The van der Waals surface area contributed by atoms with Crippen molar-refractivity contribution in [3.63, 3.8) is 0 Å². The van der Waals surface area contributed by atoms with Gasteiger partial charge in [0, 0.05) is 5.56 Å². The predicted molar refractivity (Wildman–Crippen MR) is 147 cm³/mol. The number of benzene rings is 2. The summed E-state index contributed by atoms with van der Waals surface area (Å²) in [7, 11) is 1.34. The van der Waals surface area contributed by atoms with Gasteiger partial charge in [0.15, 0.2) is 0 Å². The molecule has 0 bridgehead atoms. The second-order valence-electron chi connectivity index (χ2n) is 10.1. The molecule has 1 N–H and O–H groups in total. The molecule has 0 saturated heterocycles. The lowest BCUT2D eigenvalue weighted by molar-refractivity contribution is -0.138. The number of carbonyl (C=O) groups excluding carboxylic acids is 1. The minimum Gasteiger partial charge on any atom is -0.462 e. The molecule has 0 saturated carbocycles. The molecule has 2 aromatic carbocycles. The zero-order valence-electron chi connectivity index (χ0n) is 21.9. The lowest BCUT2D eigenvalue weighted by atomic mass is 10.0. The maximum atomic E-state index is 9.60. The summed E-state index contributed by atoms with van der Waals surface area (Å²) in [6.45, 7) is 10.0. The van der Waals surface area contributed by atoms with Crippen LogP contribution in [0.4, 0.5) is 0 Å². The van der Waals surface area contributed by atoms with Crippen molar-refractivity contribution in [1.29, 1.82) is 0 Å². The van der Waals surface area contributed by atoms with E-state index in [9.17, 15) is 4.79 Å². The number of H-pyrrole nitrogens is 1. The Balaban J connectivity index is 0.000000509. The van der Waals surface area contributed by atoms with Crippen LogP contribution in [0, 0.1) is 11.2 Å². The maximum absolute atomic E-state index is 9.60. The Kier molecular flexibility index (Phi) is 9.78. The number of imidazole rings is 1. The summed E-state index contributed by atoms with van der Waals surface area (Å²) < 4.78 is 4.55. The quantitative estimate of drug-likeness (QED) is 0.345. The van der Waals surface area contributed by atoms with Gasteiger partial charge >= 0.3 is 0 Å². The van der Waals surface area contributed by atoms with Crippen LogP contribution >= 0.6 is 10.0 Å². The molecule has 3 aromatic rings. The molecule has 0 aliphatic heterocycles. The SMILES string of the molecule is CC(C)(C)OC=O.CCCN(C)Cc1nc2ccc(-c3ccc(C#CS(C)(C)C)cc3)cc2[nH]1. The number of hydrogen-bond donors (Lipinski definition) is 1. The largest absolute Gasteiger partial charge is 0.462 e. The molecular weight excluding hydrogens is 442 g/mol. The molecule has 0 fully saturated rings. The Bertz CT molecular complexity index is 1130. The van der Waals surface area contributed by atoms with Crippen LogP contribution in [-0.4, -0.2) is 59.3 Å². The van der Waals surface area contributed by atoms with Crippen LogP contribution in [0.3, 0.4) is 0 Å². The smallest absolute Gasteiger partial charge is 0.293 e. The van der Waals surface area contributed by atoms with Gasteiger partial charge in [-0.25, -0.2) is 4.98 Å². The van der Waals surface area contributed by atoms with Gasteiger partial charge in [0.1, 0.15) is 11.4 Å².